The number of halogens is 1. The van der Waals surface area contributed by atoms with Crippen molar-refractivity contribution in [2.45, 2.75) is 12.5 Å². The van der Waals surface area contributed by atoms with Gasteiger partial charge in [0.25, 0.3) is 0 Å². The van der Waals surface area contributed by atoms with Crippen LogP contribution in [0, 0.1) is 0 Å². The van der Waals surface area contributed by atoms with Crippen molar-refractivity contribution in [3.8, 4) is 16.6 Å². The zero-order chi connectivity index (χ0) is 18.8. The second kappa shape index (κ2) is 7.59. The Labute approximate surface area is 163 Å². The number of amides is 1. The number of fused-ring (bicyclic) bond motifs is 1. The van der Waals surface area contributed by atoms with Crippen molar-refractivity contribution in [1.29, 1.82) is 0 Å². The summed E-state index contributed by atoms with van der Waals surface area (Å²) in [7, 11) is 0. The van der Waals surface area contributed by atoms with Crippen LogP contribution >= 0.6 is 22.9 Å². The van der Waals surface area contributed by atoms with Gasteiger partial charge in [-0.15, -0.1) is 5.06 Å². The Kier molecular flexibility index (Phi) is 5.02. The van der Waals surface area contributed by atoms with Crippen molar-refractivity contribution in [2.75, 3.05) is 13.2 Å². The minimum atomic E-state index is -1.15. The van der Waals surface area contributed by atoms with E-state index in [0.717, 1.165) is 15.1 Å². The standard InChI is InChI=1S/C18H15ClN2O5S/c19-11-1-3-13(4-2-11)25-15-8-20-9-16-14(15)7-17(27-16)26-21(18(22)23)12-5-6-24-10-12/h1-4,7-9,12H,5-6,10H2,(H,22,23). The summed E-state index contributed by atoms with van der Waals surface area (Å²) >= 11 is 7.19. The van der Waals surface area contributed by atoms with Gasteiger partial charge in [-0.3, -0.25) is 4.98 Å². The Morgan fingerprint density at radius 1 is 1.33 bits per heavy atom. The van der Waals surface area contributed by atoms with Crippen molar-refractivity contribution >= 4 is 39.1 Å². The number of hydroxylamine groups is 2. The van der Waals surface area contributed by atoms with Crippen LogP contribution in [-0.4, -0.2) is 40.5 Å². The third-order valence-corrected chi connectivity index (χ3v) is 5.23. The molecule has 9 heteroatoms. The summed E-state index contributed by atoms with van der Waals surface area (Å²) in [5.41, 5.74) is 0. The van der Waals surface area contributed by atoms with Crippen molar-refractivity contribution in [1.82, 2.24) is 10.0 Å². The third kappa shape index (κ3) is 3.92. The number of hydrogen-bond acceptors (Lipinski definition) is 6. The molecule has 1 aliphatic rings. The highest BCUT2D eigenvalue weighted by Crippen LogP contribution is 2.38. The van der Waals surface area contributed by atoms with E-state index < -0.39 is 6.09 Å². The molecule has 4 rings (SSSR count). The van der Waals surface area contributed by atoms with Crippen LogP contribution in [0.1, 0.15) is 6.42 Å². The molecule has 0 spiro atoms. The normalized spacial score (nSPS) is 16.4. The van der Waals surface area contributed by atoms with Crippen molar-refractivity contribution in [3.05, 3.63) is 47.7 Å². The van der Waals surface area contributed by atoms with Gasteiger partial charge in [0.05, 0.1) is 23.5 Å². The minimum Gasteiger partial charge on any atom is -0.463 e. The summed E-state index contributed by atoms with van der Waals surface area (Å²) in [5.74, 6) is 1.17. The van der Waals surface area contributed by atoms with E-state index in [1.165, 1.54) is 11.3 Å². The lowest BCUT2D eigenvalue weighted by Crippen LogP contribution is -2.42. The molecule has 1 fully saturated rings. The van der Waals surface area contributed by atoms with Gasteiger partial charge >= 0.3 is 6.09 Å². The number of aromatic nitrogens is 1. The highest BCUT2D eigenvalue weighted by molar-refractivity contribution is 7.20. The number of rotatable bonds is 5. The number of carbonyl (C=O) groups is 1. The Morgan fingerprint density at radius 3 is 2.85 bits per heavy atom. The van der Waals surface area contributed by atoms with Crippen LogP contribution in [0.4, 0.5) is 4.79 Å². The number of ether oxygens (including phenoxy) is 2. The molecule has 1 unspecified atom stereocenters. The molecule has 1 saturated heterocycles. The first-order valence-electron chi connectivity index (χ1n) is 8.19. The van der Waals surface area contributed by atoms with Crippen molar-refractivity contribution < 1.29 is 24.2 Å². The van der Waals surface area contributed by atoms with Gasteiger partial charge in [-0.2, -0.15) is 0 Å². The SMILES string of the molecule is O=C(O)N(Oc1cc2c(Oc3ccc(Cl)cc3)cncc2s1)C1CCOC1. The molecule has 27 heavy (non-hydrogen) atoms. The summed E-state index contributed by atoms with van der Waals surface area (Å²) in [5, 5.41) is 12.2. The van der Waals surface area contributed by atoms with Gasteiger partial charge in [-0.25, -0.2) is 4.79 Å². The van der Waals surface area contributed by atoms with E-state index in [-0.39, 0.29) is 6.04 Å². The number of hydrogen-bond donors (Lipinski definition) is 1. The van der Waals surface area contributed by atoms with Crippen LogP contribution in [0.2, 0.25) is 5.02 Å². The van der Waals surface area contributed by atoms with E-state index in [4.69, 9.17) is 25.9 Å². The molecule has 0 saturated carbocycles. The Morgan fingerprint density at radius 2 is 2.15 bits per heavy atom. The molecule has 140 valence electrons. The van der Waals surface area contributed by atoms with Gasteiger partial charge in [-0.1, -0.05) is 22.9 Å². The van der Waals surface area contributed by atoms with Gasteiger partial charge in [0.1, 0.15) is 5.75 Å². The van der Waals surface area contributed by atoms with E-state index in [9.17, 15) is 9.90 Å². The maximum absolute atomic E-state index is 11.5. The first-order chi connectivity index (χ1) is 13.1. The van der Waals surface area contributed by atoms with Gasteiger partial charge in [-0.05, 0) is 30.7 Å². The maximum Gasteiger partial charge on any atom is 0.441 e. The van der Waals surface area contributed by atoms with E-state index in [1.54, 1.807) is 42.7 Å². The Hall–Kier alpha value is -2.55. The predicted octanol–water partition coefficient (Wildman–Crippen LogP) is 4.80. The molecule has 1 aliphatic heterocycles. The zero-order valence-electron chi connectivity index (χ0n) is 14.0. The monoisotopic (exact) mass is 406 g/mol. The average molecular weight is 407 g/mol. The number of pyridine rings is 1. The van der Waals surface area contributed by atoms with Crippen LogP contribution in [0.3, 0.4) is 0 Å². The van der Waals surface area contributed by atoms with E-state index in [2.05, 4.69) is 4.98 Å². The second-order valence-electron chi connectivity index (χ2n) is 5.89. The largest absolute Gasteiger partial charge is 0.463 e. The van der Waals surface area contributed by atoms with Crippen LogP contribution in [-0.2, 0) is 4.74 Å². The quantitative estimate of drug-likeness (QED) is 0.612. The molecular formula is C18H15ClN2O5S. The lowest BCUT2D eigenvalue weighted by molar-refractivity contribution is -0.0663. The van der Waals surface area contributed by atoms with Gasteiger partial charge in [0, 0.05) is 29.3 Å². The summed E-state index contributed by atoms with van der Waals surface area (Å²) in [6.45, 7) is 0.844. The van der Waals surface area contributed by atoms with Gasteiger partial charge in [0.15, 0.2) is 5.75 Å². The zero-order valence-corrected chi connectivity index (χ0v) is 15.6. The van der Waals surface area contributed by atoms with Crippen LogP contribution in [0.15, 0.2) is 42.7 Å². The average Bonchev–Trinajstić information content (AvgIpc) is 3.31. The number of benzene rings is 1. The molecule has 3 aromatic rings. The predicted molar refractivity (Wildman–Crippen MR) is 101 cm³/mol. The molecule has 7 nitrogen and oxygen atoms in total. The summed E-state index contributed by atoms with van der Waals surface area (Å²) < 4.78 is 12.0. The summed E-state index contributed by atoms with van der Waals surface area (Å²) in [6, 6.07) is 8.42. The fourth-order valence-corrected chi connectivity index (χ4v) is 3.76. The smallest absolute Gasteiger partial charge is 0.441 e. The number of nitrogens with zero attached hydrogens (tertiary/aromatic N) is 2. The van der Waals surface area contributed by atoms with Crippen molar-refractivity contribution in [3.63, 3.8) is 0 Å². The molecule has 0 aliphatic carbocycles. The fourth-order valence-electron chi connectivity index (χ4n) is 2.74. The number of thiophene rings is 1. The van der Waals surface area contributed by atoms with Gasteiger partial charge in [0.2, 0.25) is 5.06 Å². The first-order valence-corrected chi connectivity index (χ1v) is 9.38. The maximum atomic E-state index is 11.5. The van der Waals surface area contributed by atoms with Crippen molar-refractivity contribution in [2.24, 2.45) is 0 Å². The molecule has 0 bridgehead atoms. The Bertz CT molecular complexity index is 956. The first kappa shape index (κ1) is 17.8. The molecule has 1 aromatic carbocycles. The summed E-state index contributed by atoms with van der Waals surface area (Å²) in [4.78, 5) is 21.4. The molecule has 1 N–H and O–H groups in total. The topological polar surface area (TPSA) is 81.1 Å². The minimum absolute atomic E-state index is 0.323. The van der Waals surface area contributed by atoms with Crippen LogP contribution in [0.5, 0.6) is 16.6 Å². The highest BCUT2D eigenvalue weighted by Gasteiger charge is 2.30. The Balaban J connectivity index is 1.60. The van der Waals surface area contributed by atoms with Crippen LogP contribution in [0.25, 0.3) is 10.1 Å². The van der Waals surface area contributed by atoms with E-state index >= 15 is 0 Å². The van der Waals surface area contributed by atoms with Crippen LogP contribution < -0.4 is 9.57 Å². The molecule has 3 heterocycles. The fraction of sp³-hybridized carbons (Fsp3) is 0.222. The molecule has 0 radical (unpaired) electrons. The van der Waals surface area contributed by atoms with E-state index in [0.29, 0.717) is 41.2 Å². The van der Waals surface area contributed by atoms with Gasteiger partial charge < -0.3 is 19.4 Å². The summed E-state index contributed by atoms with van der Waals surface area (Å²) in [6.07, 6.45) is 2.74. The lowest BCUT2D eigenvalue weighted by Gasteiger charge is -2.22. The van der Waals surface area contributed by atoms with E-state index in [1.807, 2.05) is 0 Å². The molecular weight excluding hydrogens is 392 g/mol. The highest BCUT2D eigenvalue weighted by atomic mass is 35.5. The molecule has 2 aromatic heterocycles. The third-order valence-electron chi connectivity index (χ3n) is 4.04. The number of carboxylic acid groups (broad SMARTS) is 1. The molecule has 1 amide bonds. The second-order valence-corrected chi connectivity index (χ2v) is 7.37. The lowest BCUT2D eigenvalue weighted by atomic mass is 10.3. The molecule has 1 atom stereocenters.